The topological polar surface area (TPSA) is 42.4 Å². The fourth-order valence-electron chi connectivity index (χ4n) is 2.89. The molecule has 0 aliphatic carbocycles. The van der Waals surface area contributed by atoms with E-state index >= 15 is 0 Å². The summed E-state index contributed by atoms with van der Waals surface area (Å²) in [5.74, 6) is 0. The summed E-state index contributed by atoms with van der Waals surface area (Å²) in [5.41, 5.74) is 7.56. The Morgan fingerprint density at radius 1 is 1.22 bits per heavy atom. The Bertz CT molecular complexity index is 752. The highest BCUT2D eigenvalue weighted by atomic mass is 32.1. The normalized spacial score (nSPS) is 14.4. The lowest BCUT2D eigenvalue weighted by atomic mass is 9.93. The van der Waals surface area contributed by atoms with Gasteiger partial charge in [-0.15, -0.1) is 11.3 Å². The van der Waals surface area contributed by atoms with Crippen molar-refractivity contribution in [1.29, 1.82) is 0 Å². The number of rotatable bonds is 4. The lowest BCUT2D eigenvalue weighted by molar-refractivity contribution is 0.159. The Kier molecular flexibility index (Phi) is 4.39. The van der Waals surface area contributed by atoms with E-state index in [1.807, 2.05) is 0 Å². The van der Waals surface area contributed by atoms with E-state index < -0.39 is 0 Å². The zero-order chi connectivity index (χ0) is 16.6. The third-order valence-electron chi connectivity index (χ3n) is 4.75. The Hall–Kier alpha value is -1.88. The summed E-state index contributed by atoms with van der Waals surface area (Å²) in [6, 6.07) is 2.23. The van der Waals surface area contributed by atoms with Crippen LogP contribution in [0.25, 0.3) is 11.3 Å². The van der Waals surface area contributed by atoms with Crippen LogP contribution in [0.1, 0.15) is 27.3 Å². The number of cyclic esters (lactones) is 1. The molecule has 122 valence electrons. The van der Waals surface area contributed by atoms with Gasteiger partial charge in [0.1, 0.15) is 6.61 Å². The number of hydrogen-bond donors (Lipinski definition) is 0. The number of nitrogens with zero attached hydrogens (tertiary/aromatic N) is 2. The minimum atomic E-state index is -0.206. The maximum absolute atomic E-state index is 11.5. The summed E-state index contributed by atoms with van der Waals surface area (Å²) >= 11 is 1.66. The summed E-state index contributed by atoms with van der Waals surface area (Å²) < 4.78 is 4.95. The lowest BCUT2D eigenvalue weighted by Crippen LogP contribution is -2.26. The van der Waals surface area contributed by atoms with Crippen LogP contribution >= 0.6 is 11.3 Å². The molecule has 23 heavy (non-hydrogen) atoms. The number of hydrogen-bond acceptors (Lipinski definition) is 4. The summed E-state index contributed by atoms with van der Waals surface area (Å²) in [6.07, 6.45) is 0.574. The second-order valence-electron chi connectivity index (χ2n) is 6.09. The van der Waals surface area contributed by atoms with Crippen LogP contribution in [0.15, 0.2) is 11.4 Å². The van der Waals surface area contributed by atoms with Crippen molar-refractivity contribution in [1.82, 2.24) is 9.88 Å². The molecule has 0 unspecified atom stereocenters. The Morgan fingerprint density at radius 3 is 2.70 bits per heavy atom. The molecule has 1 aromatic heterocycles. The Morgan fingerprint density at radius 2 is 2.00 bits per heavy atom. The molecule has 0 N–H and O–H groups in total. The third-order valence-corrected chi connectivity index (χ3v) is 5.66. The molecular formula is C18H22N2O2S. The van der Waals surface area contributed by atoms with Gasteiger partial charge >= 0.3 is 6.09 Å². The number of thiazole rings is 1. The highest BCUT2D eigenvalue weighted by Gasteiger charge is 2.21. The first kappa shape index (κ1) is 16.0. The van der Waals surface area contributed by atoms with Crippen LogP contribution in [0.3, 0.4) is 0 Å². The Labute approximate surface area is 141 Å². The number of aryl methyl sites for hydroxylation is 1. The average Bonchev–Trinajstić information content (AvgIpc) is 3.16. The van der Waals surface area contributed by atoms with Crippen molar-refractivity contribution >= 4 is 17.4 Å². The van der Waals surface area contributed by atoms with E-state index in [0.717, 1.165) is 17.1 Å². The molecule has 2 aromatic rings. The summed E-state index contributed by atoms with van der Waals surface area (Å²) in [4.78, 5) is 18.0. The van der Waals surface area contributed by atoms with Crippen LogP contribution in [0, 0.1) is 27.7 Å². The van der Waals surface area contributed by atoms with Crippen LogP contribution in [0.2, 0.25) is 0 Å². The predicted octanol–water partition coefficient (Wildman–Crippen LogP) is 4.04. The first-order valence-corrected chi connectivity index (χ1v) is 8.79. The van der Waals surface area contributed by atoms with Gasteiger partial charge in [0.25, 0.3) is 0 Å². The van der Waals surface area contributed by atoms with Crippen LogP contribution < -0.4 is 0 Å². The number of aromatic nitrogens is 1. The average molecular weight is 330 g/mol. The zero-order valence-electron chi connectivity index (χ0n) is 14.1. The third kappa shape index (κ3) is 3.11. The number of carbonyl (C=O) groups is 1. The molecule has 0 spiro atoms. The van der Waals surface area contributed by atoms with Crippen molar-refractivity contribution < 1.29 is 9.53 Å². The van der Waals surface area contributed by atoms with E-state index in [1.54, 1.807) is 16.2 Å². The molecular weight excluding hydrogens is 308 g/mol. The van der Waals surface area contributed by atoms with Gasteiger partial charge in [0.15, 0.2) is 0 Å². The molecule has 1 saturated heterocycles. The molecule has 0 bridgehead atoms. The van der Waals surface area contributed by atoms with E-state index in [-0.39, 0.29) is 6.09 Å². The summed E-state index contributed by atoms with van der Waals surface area (Å²) in [6.45, 7) is 10.5. The van der Waals surface area contributed by atoms with Gasteiger partial charge in [-0.2, -0.15) is 0 Å². The SMILES string of the molecule is Cc1cc(-c2csc(CCN3CCOC3=O)n2)c(C)c(C)c1C. The molecule has 1 aromatic carbocycles. The van der Waals surface area contributed by atoms with Crippen LogP contribution in [-0.2, 0) is 11.2 Å². The fourth-order valence-corrected chi connectivity index (χ4v) is 3.67. The van der Waals surface area contributed by atoms with E-state index in [4.69, 9.17) is 9.72 Å². The van der Waals surface area contributed by atoms with E-state index in [0.29, 0.717) is 19.7 Å². The van der Waals surface area contributed by atoms with Crippen LogP contribution in [0.5, 0.6) is 0 Å². The van der Waals surface area contributed by atoms with Gasteiger partial charge < -0.3 is 9.64 Å². The van der Waals surface area contributed by atoms with Gasteiger partial charge in [-0.05, 0) is 56.0 Å². The van der Waals surface area contributed by atoms with E-state index in [1.165, 1.54) is 27.8 Å². The van der Waals surface area contributed by atoms with Gasteiger partial charge in [0.2, 0.25) is 0 Å². The van der Waals surface area contributed by atoms with Gasteiger partial charge in [-0.3, -0.25) is 0 Å². The highest BCUT2D eigenvalue weighted by molar-refractivity contribution is 7.09. The second kappa shape index (κ2) is 6.32. The maximum atomic E-state index is 11.5. The lowest BCUT2D eigenvalue weighted by Gasteiger charge is -2.13. The summed E-state index contributed by atoms with van der Waals surface area (Å²) in [5, 5.41) is 3.18. The standard InChI is InChI=1S/C18H22N2O2S/c1-11-9-15(14(4)13(3)12(11)2)16-10-23-17(19-16)5-6-20-7-8-22-18(20)21/h9-10H,5-8H2,1-4H3. The molecule has 3 rings (SSSR count). The van der Waals surface area contributed by atoms with Gasteiger partial charge in [-0.25, -0.2) is 9.78 Å². The van der Waals surface area contributed by atoms with Crippen molar-refractivity contribution in [2.24, 2.45) is 0 Å². The molecule has 1 amide bonds. The van der Waals surface area contributed by atoms with E-state index in [2.05, 4.69) is 39.1 Å². The molecule has 1 fully saturated rings. The largest absolute Gasteiger partial charge is 0.448 e. The molecule has 1 aliphatic heterocycles. The smallest absolute Gasteiger partial charge is 0.409 e. The molecule has 0 saturated carbocycles. The molecule has 1 aliphatic rings. The van der Waals surface area contributed by atoms with Crippen molar-refractivity contribution in [3.63, 3.8) is 0 Å². The van der Waals surface area contributed by atoms with Gasteiger partial charge in [0, 0.05) is 23.9 Å². The van der Waals surface area contributed by atoms with Gasteiger partial charge in [-0.1, -0.05) is 0 Å². The first-order valence-electron chi connectivity index (χ1n) is 7.91. The first-order chi connectivity index (χ1) is 11.0. The molecule has 0 atom stereocenters. The molecule has 2 heterocycles. The molecule has 5 heteroatoms. The monoisotopic (exact) mass is 330 g/mol. The van der Waals surface area contributed by atoms with Crippen molar-refractivity contribution in [2.45, 2.75) is 34.1 Å². The van der Waals surface area contributed by atoms with E-state index in [9.17, 15) is 4.79 Å². The number of amides is 1. The fraction of sp³-hybridized carbons (Fsp3) is 0.444. The second-order valence-corrected chi connectivity index (χ2v) is 7.04. The number of benzene rings is 1. The minimum Gasteiger partial charge on any atom is -0.448 e. The van der Waals surface area contributed by atoms with Gasteiger partial charge in [0.05, 0.1) is 17.2 Å². The maximum Gasteiger partial charge on any atom is 0.409 e. The number of ether oxygens (including phenoxy) is 1. The number of carbonyl (C=O) groups excluding carboxylic acids is 1. The summed E-state index contributed by atoms with van der Waals surface area (Å²) in [7, 11) is 0. The zero-order valence-corrected chi connectivity index (χ0v) is 14.9. The Balaban J connectivity index is 1.78. The van der Waals surface area contributed by atoms with Crippen molar-refractivity contribution in [3.05, 3.63) is 38.7 Å². The highest BCUT2D eigenvalue weighted by Crippen LogP contribution is 2.30. The van der Waals surface area contributed by atoms with Crippen molar-refractivity contribution in [2.75, 3.05) is 19.7 Å². The van der Waals surface area contributed by atoms with Crippen molar-refractivity contribution in [3.8, 4) is 11.3 Å². The quantitative estimate of drug-likeness (QED) is 0.850. The van der Waals surface area contributed by atoms with Crippen LogP contribution in [-0.4, -0.2) is 35.7 Å². The minimum absolute atomic E-state index is 0.206. The molecule has 4 nitrogen and oxygen atoms in total. The van der Waals surface area contributed by atoms with Crippen LogP contribution in [0.4, 0.5) is 4.79 Å². The molecule has 0 radical (unpaired) electrons. The predicted molar refractivity (Wildman–Crippen MR) is 93.1 cm³/mol.